The minimum Gasteiger partial charge on any atom is -0.310 e. The number of thiophene rings is 2. The summed E-state index contributed by atoms with van der Waals surface area (Å²) in [4.78, 5) is 4.98. The molecule has 0 amide bonds. The lowest BCUT2D eigenvalue weighted by atomic mass is 9.93. The molecule has 4 heteroatoms. The Morgan fingerprint density at radius 1 is 0.257 bits per heavy atom. The molecular formula is C66H52N2S2. The van der Waals surface area contributed by atoms with E-state index in [1.807, 2.05) is 22.7 Å². The minimum atomic E-state index is 1.16. The minimum absolute atomic E-state index is 1.16. The zero-order valence-corrected chi connectivity index (χ0v) is 42.0. The van der Waals surface area contributed by atoms with Crippen molar-refractivity contribution < 1.29 is 0 Å². The highest BCUT2D eigenvalue weighted by atomic mass is 32.1. The molecule has 338 valence electrons. The third kappa shape index (κ3) is 7.65. The molecule has 0 unspecified atom stereocenters. The van der Waals surface area contributed by atoms with E-state index in [2.05, 4.69) is 258 Å². The fourth-order valence-corrected chi connectivity index (χ4v) is 12.9. The summed E-state index contributed by atoms with van der Waals surface area (Å²) in [5.41, 5.74) is 21.9. The molecule has 2 aromatic heterocycles. The molecule has 12 rings (SSSR count). The molecule has 0 aliphatic carbocycles. The van der Waals surface area contributed by atoms with E-state index in [0.29, 0.717) is 0 Å². The number of hydrogen-bond acceptors (Lipinski definition) is 4. The molecule has 0 bridgehead atoms. The van der Waals surface area contributed by atoms with Crippen molar-refractivity contribution in [3.63, 3.8) is 0 Å². The van der Waals surface area contributed by atoms with E-state index in [-0.39, 0.29) is 0 Å². The molecule has 70 heavy (non-hydrogen) atoms. The second-order valence-corrected chi connectivity index (χ2v) is 21.0. The van der Waals surface area contributed by atoms with Gasteiger partial charge in [-0.1, -0.05) is 109 Å². The van der Waals surface area contributed by atoms with Crippen LogP contribution in [0.25, 0.3) is 73.7 Å². The van der Waals surface area contributed by atoms with Gasteiger partial charge in [0.2, 0.25) is 0 Å². The zero-order valence-electron chi connectivity index (χ0n) is 40.3. The van der Waals surface area contributed by atoms with Gasteiger partial charge < -0.3 is 9.80 Å². The first kappa shape index (κ1) is 43.5. The van der Waals surface area contributed by atoms with Crippen LogP contribution in [0.4, 0.5) is 34.1 Å². The van der Waals surface area contributed by atoms with E-state index < -0.39 is 0 Å². The first-order valence-electron chi connectivity index (χ1n) is 24.1. The van der Waals surface area contributed by atoms with Gasteiger partial charge in [-0.25, -0.2) is 0 Å². The van der Waals surface area contributed by atoms with E-state index in [1.165, 1.54) is 130 Å². The molecule has 0 N–H and O–H groups in total. The highest BCUT2D eigenvalue weighted by molar-refractivity contribution is 7.26. The van der Waals surface area contributed by atoms with Crippen LogP contribution in [-0.4, -0.2) is 0 Å². The maximum atomic E-state index is 2.49. The standard InChI is InChI=1S/C66H52N2S2/c1-41-17-13-15-23-59(41)67(53-27-31-63-57(39-53)55-37-49(25-29-61(55)69-63)47-19-9-7-10-20-47)65-43(3)33-51(34-44(65)4)52-35-45(5)66(46(6)36-52)68(60-24-16-14-18-42(60)2)54-28-32-64-58(40-54)56-38-50(26-30-62(56)70-64)48-21-11-8-12-22-48/h7-40H,1-6H3. The molecule has 0 aliphatic rings. The molecule has 0 aliphatic heterocycles. The topological polar surface area (TPSA) is 6.48 Å². The van der Waals surface area contributed by atoms with Crippen LogP contribution in [-0.2, 0) is 0 Å². The largest absolute Gasteiger partial charge is 0.310 e. The maximum Gasteiger partial charge on any atom is 0.0520 e. The predicted molar refractivity (Wildman–Crippen MR) is 306 cm³/mol. The van der Waals surface area contributed by atoms with Crippen LogP contribution in [0.3, 0.4) is 0 Å². The van der Waals surface area contributed by atoms with Gasteiger partial charge in [0.15, 0.2) is 0 Å². The Morgan fingerprint density at radius 3 is 0.957 bits per heavy atom. The summed E-state index contributed by atoms with van der Waals surface area (Å²) in [6.45, 7) is 13.6. The van der Waals surface area contributed by atoms with Crippen molar-refractivity contribution in [1.82, 2.24) is 0 Å². The summed E-state index contributed by atoms with van der Waals surface area (Å²) in [6.07, 6.45) is 0. The summed E-state index contributed by atoms with van der Waals surface area (Å²) in [5.74, 6) is 0. The Balaban J connectivity index is 0.955. The predicted octanol–water partition coefficient (Wildman–Crippen LogP) is 20.2. The summed E-state index contributed by atoms with van der Waals surface area (Å²) < 4.78 is 5.20. The van der Waals surface area contributed by atoms with E-state index in [0.717, 1.165) is 11.4 Å². The molecule has 0 fully saturated rings. The number of hydrogen-bond donors (Lipinski definition) is 0. The number of anilines is 6. The molecule has 10 aromatic carbocycles. The van der Waals surface area contributed by atoms with Gasteiger partial charge >= 0.3 is 0 Å². The van der Waals surface area contributed by atoms with E-state index in [9.17, 15) is 0 Å². The van der Waals surface area contributed by atoms with Crippen LogP contribution in [0.15, 0.2) is 206 Å². The molecular weight excluding hydrogens is 885 g/mol. The average molecular weight is 937 g/mol. The van der Waals surface area contributed by atoms with Crippen LogP contribution < -0.4 is 9.80 Å². The van der Waals surface area contributed by atoms with E-state index >= 15 is 0 Å². The summed E-state index contributed by atoms with van der Waals surface area (Å²) in [6, 6.07) is 76.5. The van der Waals surface area contributed by atoms with Gasteiger partial charge in [-0.05, 0) is 205 Å². The van der Waals surface area contributed by atoms with Gasteiger partial charge in [-0.2, -0.15) is 0 Å². The molecule has 2 nitrogen and oxygen atoms in total. The van der Waals surface area contributed by atoms with Crippen LogP contribution in [0.2, 0.25) is 0 Å². The van der Waals surface area contributed by atoms with Crippen LogP contribution in [0.1, 0.15) is 33.4 Å². The van der Waals surface area contributed by atoms with Crippen molar-refractivity contribution >= 4 is 97.1 Å². The fourth-order valence-electron chi connectivity index (χ4n) is 10.8. The SMILES string of the molecule is Cc1ccccc1N(c1ccc2sc3ccc(-c4ccccc4)cc3c2c1)c1c(C)cc(-c2cc(C)c(N(c3ccc4sc5ccc(-c6ccccc6)cc5c4c3)c3ccccc3C)c(C)c2)cc1C. The summed E-state index contributed by atoms with van der Waals surface area (Å²) >= 11 is 3.74. The Morgan fingerprint density at radius 2 is 0.586 bits per heavy atom. The number of benzene rings is 10. The second kappa shape index (κ2) is 17.6. The normalized spacial score (nSPS) is 11.6. The Bertz CT molecular complexity index is 3670. The lowest BCUT2D eigenvalue weighted by molar-refractivity contribution is 1.20. The number of aryl methyl sites for hydroxylation is 6. The molecule has 12 aromatic rings. The number of rotatable bonds is 9. The summed E-state index contributed by atoms with van der Waals surface area (Å²) in [5, 5.41) is 5.16. The van der Waals surface area contributed by atoms with Crippen molar-refractivity contribution in [2.24, 2.45) is 0 Å². The van der Waals surface area contributed by atoms with Crippen LogP contribution in [0, 0.1) is 41.5 Å². The number of nitrogens with zero attached hydrogens (tertiary/aromatic N) is 2. The van der Waals surface area contributed by atoms with E-state index in [1.54, 1.807) is 0 Å². The quantitative estimate of drug-likeness (QED) is 0.142. The number of fused-ring (bicyclic) bond motifs is 6. The maximum absolute atomic E-state index is 2.49. The second-order valence-electron chi connectivity index (χ2n) is 18.9. The summed E-state index contributed by atoms with van der Waals surface area (Å²) in [7, 11) is 0. The van der Waals surface area contributed by atoms with Crippen molar-refractivity contribution in [2.75, 3.05) is 9.80 Å². The lowest BCUT2D eigenvalue weighted by Gasteiger charge is -2.31. The molecule has 0 spiro atoms. The van der Waals surface area contributed by atoms with Crippen LogP contribution in [0.5, 0.6) is 0 Å². The van der Waals surface area contributed by atoms with Gasteiger partial charge in [0.1, 0.15) is 0 Å². The molecule has 0 saturated heterocycles. The molecule has 2 heterocycles. The zero-order chi connectivity index (χ0) is 47.6. The van der Waals surface area contributed by atoms with Gasteiger partial charge in [0.25, 0.3) is 0 Å². The Kier molecular flexibility index (Phi) is 11.0. The van der Waals surface area contributed by atoms with Gasteiger partial charge in [-0.15, -0.1) is 22.7 Å². The van der Waals surface area contributed by atoms with Crippen molar-refractivity contribution in [3.8, 4) is 33.4 Å². The van der Waals surface area contributed by atoms with Crippen LogP contribution >= 0.6 is 22.7 Å². The number of para-hydroxylation sites is 2. The van der Waals surface area contributed by atoms with Crippen molar-refractivity contribution in [3.05, 3.63) is 240 Å². The third-order valence-corrected chi connectivity index (χ3v) is 16.4. The molecule has 0 saturated carbocycles. The molecule has 0 radical (unpaired) electrons. The smallest absolute Gasteiger partial charge is 0.0520 e. The Hall–Kier alpha value is -7.76. The van der Waals surface area contributed by atoms with Gasteiger partial charge in [-0.3, -0.25) is 0 Å². The monoisotopic (exact) mass is 936 g/mol. The fraction of sp³-hybridized carbons (Fsp3) is 0.0909. The third-order valence-electron chi connectivity index (χ3n) is 14.1. The Labute approximate surface area is 419 Å². The van der Waals surface area contributed by atoms with Gasteiger partial charge in [0, 0.05) is 63.1 Å². The molecule has 0 atom stereocenters. The highest BCUT2D eigenvalue weighted by Gasteiger charge is 2.24. The first-order valence-corrected chi connectivity index (χ1v) is 25.8. The highest BCUT2D eigenvalue weighted by Crippen LogP contribution is 2.48. The van der Waals surface area contributed by atoms with Crippen molar-refractivity contribution in [2.45, 2.75) is 41.5 Å². The van der Waals surface area contributed by atoms with Gasteiger partial charge in [0.05, 0.1) is 11.4 Å². The van der Waals surface area contributed by atoms with Crippen molar-refractivity contribution in [1.29, 1.82) is 0 Å². The lowest BCUT2D eigenvalue weighted by Crippen LogP contribution is -2.14. The average Bonchev–Trinajstić information content (AvgIpc) is 3.94. The van der Waals surface area contributed by atoms with E-state index in [4.69, 9.17) is 0 Å². The first-order chi connectivity index (χ1) is 34.2.